The van der Waals surface area contributed by atoms with Crippen LogP contribution in [0.4, 0.5) is 11.4 Å². The summed E-state index contributed by atoms with van der Waals surface area (Å²) in [5.74, 6) is 2.57. The van der Waals surface area contributed by atoms with E-state index in [-0.39, 0.29) is 12.5 Å². The average molecular weight is 438 g/mol. The van der Waals surface area contributed by atoms with Gasteiger partial charge in [-0.25, -0.2) is 0 Å². The Morgan fingerprint density at radius 2 is 1.78 bits per heavy atom. The molecule has 0 unspecified atom stereocenters. The maximum Gasteiger partial charge on any atom is 0.265 e. The van der Waals surface area contributed by atoms with Gasteiger partial charge in [-0.2, -0.15) is 0 Å². The highest BCUT2D eigenvalue weighted by molar-refractivity contribution is 5.97. The second-order valence-electron chi connectivity index (χ2n) is 7.78. The first-order valence-electron chi connectivity index (χ1n) is 11.1. The van der Waals surface area contributed by atoms with Crippen molar-refractivity contribution in [2.45, 2.75) is 6.42 Å². The number of hydrogen-bond donors (Lipinski definition) is 1. The van der Waals surface area contributed by atoms with E-state index in [9.17, 15) is 4.79 Å². The molecular weight excluding hydrogens is 406 g/mol. The first kappa shape index (κ1) is 21.8. The number of aliphatic imine (C=N–C) groups is 1. The summed E-state index contributed by atoms with van der Waals surface area (Å²) in [7, 11) is 3.53. The third kappa shape index (κ3) is 4.74. The number of amides is 1. The number of fused-ring (bicyclic) bond motifs is 1. The first-order valence-corrected chi connectivity index (χ1v) is 11.1. The highest BCUT2D eigenvalue weighted by atomic mass is 16.5. The lowest BCUT2D eigenvalue weighted by molar-refractivity contribution is -0.121. The van der Waals surface area contributed by atoms with Crippen LogP contribution in [0.2, 0.25) is 0 Å². The Labute approximate surface area is 189 Å². The second-order valence-corrected chi connectivity index (χ2v) is 7.78. The summed E-state index contributed by atoms with van der Waals surface area (Å²) in [6, 6.07) is 15.8. The van der Waals surface area contributed by atoms with E-state index in [4.69, 9.17) is 9.47 Å². The van der Waals surface area contributed by atoms with Crippen LogP contribution in [0.5, 0.6) is 11.5 Å². The van der Waals surface area contributed by atoms with Crippen molar-refractivity contribution in [2.24, 2.45) is 4.99 Å². The van der Waals surface area contributed by atoms with E-state index in [0.717, 1.165) is 68.0 Å². The van der Waals surface area contributed by atoms with Crippen molar-refractivity contribution in [1.82, 2.24) is 10.2 Å². The van der Waals surface area contributed by atoms with Crippen molar-refractivity contribution in [2.75, 3.05) is 69.8 Å². The van der Waals surface area contributed by atoms with Crippen molar-refractivity contribution in [3.63, 3.8) is 0 Å². The molecule has 1 saturated heterocycles. The molecule has 2 aromatic carbocycles. The van der Waals surface area contributed by atoms with E-state index in [1.165, 1.54) is 0 Å². The fraction of sp³-hybridized carbons (Fsp3) is 0.417. The summed E-state index contributed by atoms with van der Waals surface area (Å²) >= 11 is 0. The van der Waals surface area contributed by atoms with E-state index in [1.54, 1.807) is 7.11 Å². The van der Waals surface area contributed by atoms with Gasteiger partial charge in [0.25, 0.3) is 5.91 Å². The molecule has 0 atom stereocenters. The van der Waals surface area contributed by atoms with E-state index in [0.29, 0.717) is 6.54 Å². The predicted octanol–water partition coefficient (Wildman–Crippen LogP) is 2.21. The molecule has 8 nitrogen and oxygen atoms in total. The number of piperazine rings is 1. The zero-order chi connectivity index (χ0) is 22.3. The van der Waals surface area contributed by atoms with Crippen LogP contribution in [-0.4, -0.2) is 76.8 Å². The van der Waals surface area contributed by atoms with Crippen LogP contribution in [0.1, 0.15) is 6.42 Å². The van der Waals surface area contributed by atoms with Crippen LogP contribution < -0.4 is 24.6 Å². The molecule has 2 aliphatic heterocycles. The van der Waals surface area contributed by atoms with Gasteiger partial charge in [0.1, 0.15) is 11.5 Å². The second kappa shape index (κ2) is 10.3. The van der Waals surface area contributed by atoms with Gasteiger partial charge in [-0.1, -0.05) is 24.3 Å². The third-order valence-corrected chi connectivity index (χ3v) is 5.87. The minimum Gasteiger partial charge on any atom is -0.495 e. The summed E-state index contributed by atoms with van der Waals surface area (Å²) in [6.45, 7) is 5.06. The number of carbonyl (C=O) groups is 1. The number of nitrogens with one attached hydrogen (secondary N) is 1. The molecule has 1 N–H and O–H groups in total. The number of ether oxygens (including phenoxy) is 2. The Morgan fingerprint density at radius 3 is 2.53 bits per heavy atom. The van der Waals surface area contributed by atoms with Crippen LogP contribution in [0.15, 0.2) is 53.5 Å². The Bertz CT molecular complexity index is 956. The number of rotatable bonds is 6. The van der Waals surface area contributed by atoms with Crippen LogP contribution >= 0.6 is 0 Å². The molecule has 0 radical (unpaired) electrons. The molecule has 2 aliphatic rings. The molecule has 2 aromatic rings. The normalized spacial score (nSPS) is 16.5. The number of anilines is 2. The fourth-order valence-electron chi connectivity index (χ4n) is 4.22. The van der Waals surface area contributed by atoms with Crippen molar-refractivity contribution < 1.29 is 14.3 Å². The minimum absolute atomic E-state index is 0.000504. The fourth-order valence-corrected chi connectivity index (χ4v) is 4.22. The Hall–Kier alpha value is -3.42. The molecule has 4 rings (SSSR count). The smallest absolute Gasteiger partial charge is 0.265 e. The largest absolute Gasteiger partial charge is 0.495 e. The predicted molar refractivity (Wildman–Crippen MR) is 127 cm³/mol. The SMILES string of the molecule is CN=C(NCCCN1C(=O)COc2ccccc21)N1CCN(c2ccccc2OC)CC1. The van der Waals surface area contributed by atoms with Gasteiger partial charge in [0.05, 0.1) is 18.5 Å². The lowest BCUT2D eigenvalue weighted by atomic mass is 10.2. The summed E-state index contributed by atoms with van der Waals surface area (Å²) < 4.78 is 11.0. The molecular formula is C24H31N5O3. The molecule has 8 heteroatoms. The van der Waals surface area contributed by atoms with E-state index >= 15 is 0 Å². The molecule has 0 spiro atoms. The molecule has 32 heavy (non-hydrogen) atoms. The Kier molecular flexibility index (Phi) is 6.99. The van der Waals surface area contributed by atoms with Gasteiger partial charge in [0.2, 0.25) is 0 Å². The molecule has 1 amide bonds. The molecule has 2 heterocycles. The maximum atomic E-state index is 12.3. The number of hydrogen-bond acceptors (Lipinski definition) is 5. The number of benzene rings is 2. The van der Waals surface area contributed by atoms with E-state index in [2.05, 4.69) is 26.2 Å². The van der Waals surface area contributed by atoms with Crippen LogP contribution in [0.25, 0.3) is 0 Å². The standard InChI is InChI=1S/C24H31N5O3/c1-25-24(28-16-14-27(15-17-28)19-8-3-5-10-21(19)31-2)26-12-7-13-29-20-9-4-6-11-22(20)32-18-23(29)30/h3-6,8-11H,7,12-18H2,1-2H3,(H,25,26). The molecule has 1 fully saturated rings. The topological polar surface area (TPSA) is 69.6 Å². The first-order chi connectivity index (χ1) is 15.7. The summed E-state index contributed by atoms with van der Waals surface area (Å²) in [6.07, 6.45) is 0.820. The molecule has 0 saturated carbocycles. The van der Waals surface area contributed by atoms with Crippen molar-refractivity contribution in [3.05, 3.63) is 48.5 Å². The highest BCUT2D eigenvalue weighted by Crippen LogP contribution is 2.31. The van der Waals surface area contributed by atoms with Gasteiger partial charge >= 0.3 is 0 Å². The Morgan fingerprint density at radius 1 is 1.06 bits per heavy atom. The van der Waals surface area contributed by atoms with Crippen LogP contribution in [0, 0.1) is 0 Å². The summed E-state index contributed by atoms with van der Waals surface area (Å²) in [4.78, 5) is 23.2. The van der Waals surface area contributed by atoms with Gasteiger partial charge in [0, 0.05) is 46.3 Å². The number of guanidine groups is 1. The molecule has 0 bridgehead atoms. The van der Waals surface area contributed by atoms with E-state index < -0.39 is 0 Å². The quantitative estimate of drug-likeness (QED) is 0.425. The maximum absolute atomic E-state index is 12.3. The number of carbonyl (C=O) groups excluding carboxylic acids is 1. The highest BCUT2D eigenvalue weighted by Gasteiger charge is 2.25. The average Bonchev–Trinajstić information content (AvgIpc) is 2.85. The minimum atomic E-state index is 0.000504. The van der Waals surface area contributed by atoms with E-state index in [1.807, 2.05) is 54.4 Å². The Balaban J connectivity index is 1.26. The van der Waals surface area contributed by atoms with Gasteiger partial charge in [0.15, 0.2) is 12.6 Å². The zero-order valence-corrected chi connectivity index (χ0v) is 18.8. The number of methoxy groups -OCH3 is 1. The molecule has 0 aromatic heterocycles. The summed E-state index contributed by atoms with van der Waals surface area (Å²) in [5, 5.41) is 3.46. The molecule has 170 valence electrons. The van der Waals surface area contributed by atoms with Gasteiger partial charge < -0.3 is 29.5 Å². The number of nitrogens with zero attached hydrogens (tertiary/aromatic N) is 4. The van der Waals surface area contributed by atoms with Gasteiger partial charge in [-0.05, 0) is 30.7 Å². The lowest BCUT2D eigenvalue weighted by Crippen LogP contribution is -2.53. The third-order valence-electron chi connectivity index (χ3n) is 5.87. The summed E-state index contributed by atoms with van der Waals surface area (Å²) in [5.41, 5.74) is 1.98. The number of para-hydroxylation sites is 4. The lowest BCUT2D eigenvalue weighted by Gasteiger charge is -2.38. The van der Waals surface area contributed by atoms with Gasteiger partial charge in [-0.3, -0.25) is 9.79 Å². The zero-order valence-electron chi connectivity index (χ0n) is 18.8. The van der Waals surface area contributed by atoms with Crippen LogP contribution in [0.3, 0.4) is 0 Å². The van der Waals surface area contributed by atoms with Crippen molar-refractivity contribution >= 4 is 23.2 Å². The molecule has 0 aliphatic carbocycles. The van der Waals surface area contributed by atoms with Crippen molar-refractivity contribution in [3.8, 4) is 11.5 Å². The van der Waals surface area contributed by atoms with Crippen molar-refractivity contribution in [1.29, 1.82) is 0 Å². The van der Waals surface area contributed by atoms with Crippen LogP contribution in [-0.2, 0) is 4.79 Å². The van der Waals surface area contributed by atoms with Gasteiger partial charge in [-0.15, -0.1) is 0 Å². The monoisotopic (exact) mass is 437 g/mol.